The van der Waals surface area contributed by atoms with E-state index in [0.29, 0.717) is 45.1 Å². The number of carboxylic acids is 1. The normalized spacial score (nSPS) is 24.7. The quantitative estimate of drug-likeness (QED) is 0.569. The van der Waals surface area contributed by atoms with E-state index in [9.17, 15) is 9.90 Å². The number of nitrogens with one attached hydrogen (secondary N) is 1. The molecule has 1 fully saturated rings. The number of carboxylic acid groups (broad SMARTS) is 1. The highest BCUT2D eigenvalue weighted by atomic mass is 32.1. The van der Waals surface area contributed by atoms with Gasteiger partial charge in [0.15, 0.2) is 11.5 Å². The monoisotopic (exact) mass is 468 g/mol. The van der Waals surface area contributed by atoms with Gasteiger partial charge in [0.1, 0.15) is 23.6 Å². The Balaban J connectivity index is 1.29. The van der Waals surface area contributed by atoms with Gasteiger partial charge in [0.05, 0.1) is 0 Å². The largest absolute Gasteiger partial charge is 0.486 e. The summed E-state index contributed by atoms with van der Waals surface area (Å²) in [5.74, 6) is 1.23. The van der Waals surface area contributed by atoms with E-state index in [2.05, 4.69) is 22.1 Å². The maximum absolute atomic E-state index is 12.5. The third-order valence-electron chi connectivity index (χ3n) is 7.03. The van der Waals surface area contributed by atoms with Crippen LogP contribution in [0, 0.1) is 5.92 Å². The van der Waals surface area contributed by atoms with Gasteiger partial charge in [0, 0.05) is 36.6 Å². The Morgan fingerprint density at radius 1 is 1.27 bits per heavy atom. The molecule has 174 valence electrons. The lowest BCUT2D eigenvalue weighted by atomic mass is 9.74. The third-order valence-corrected chi connectivity index (χ3v) is 7.86. The van der Waals surface area contributed by atoms with E-state index in [-0.39, 0.29) is 12.0 Å². The minimum atomic E-state index is -1.00. The number of rotatable bonds is 6. The molecule has 2 aromatic heterocycles. The van der Waals surface area contributed by atoms with Crippen LogP contribution in [0.25, 0.3) is 10.2 Å². The lowest BCUT2D eigenvalue weighted by molar-refractivity contribution is -0.148. The maximum atomic E-state index is 12.5. The molecule has 3 atom stereocenters. The molecule has 33 heavy (non-hydrogen) atoms. The summed E-state index contributed by atoms with van der Waals surface area (Å²) in [4.78, 5) is 24.9. The molecule has 0 radical (unpaired) electrons. The molecule has 1 saturated heterocycles. The first-order chi connectivity index (χ1) is 16.0. The predicted octanol–water partition coefficient (Wildman–Crippen LogP) is 3.35. The van der Waals surface area contributed by atoms with Gasteiger partial charge < -0.3 is 24.8 Å². The second-order valence-electron chi connectivity index (χ2n) is 8.76. The number of nitrogens with zero attached hydrogens (tertiary/aromatic N) is 3. The van der Waals surface area contributed by atoms with Gasteiger partial charge in [-0.05, 0) is 48.9 Å². The van der Waals surface area contributed by atoms with E-state index in [4.69, 9.17) is 14.5 Å². The molecule has 0 saturated carbocycles. The SMILES string of the molecule is CC1C(C)C(NCCc2ccc3c(c2)OCCO3)(C(=O)O)CCN1c1ncc2ccsc2n1. The number of thiophene rings is 1. The van der Waals surface area contributed by atoms with Crippen LogP contribution in [0.3, 0.4) is 0 Å². The maximum Gasteiger partial charge on any atom is 0.324 e. The Labute approximate surface area is 196 Å². The Morgan fingerprint density at radius 3 is 2.91 bits per heavy atom. The molecular formula is C24H28N4O4S. The summed E-state index contributed by atoms with van der Waals surface area (Å²) >= 11 is 1.59. The molecule has 0 spiro atoms. The highest BCUT2D eigenvalue weighted by molar-refractivity contribution is 7.16. The van der Waals surface area contributed by atoms with Crippen LogP contribution in [0.15, 0.2) is 35.8 Å². The number of carbonyl (C=O) groups is 1. The van der Waals surface area contributed by atoms with Crippen molar-refractivity contribution in [3.63, 3.8) is 0 Å². The number of aliphatic carboxylic acids is 1. The summed E-state index contributed by atoms with van der Waals surface area (Å²) in [6.07, 6.45) is 3.02. The van der Waals surface area contributed by atoms with E-state index in [0.717, 1.165) is 27.3 Å². The number of hydrogen-bond acceptors (Lipinski definition) is 8. The lowest BCUT2D eigenvalue weighted by Gasteiger charge is -2.48. The average Bonchev–Trinajstić information content (AvgIpc) is 3.29. The standard InChI is InChI=1S/C24H28N4O4S/c1-15-16(2)28(23-25-14-18-6-12-33-21(18)27-23)9-7-24(15,22(29)30)26-8-5-17-3-4-19-20(13-17)32-11-10-31-19/h3-4,6,12-16,26H,5,7-11H2,1-2H3,(H,29,30). The lowest BCUT2D eigenvalue weighted by Crippen LogP contribution is -2.66. The highest BCUT2D eigenvalue weighted by Crippen LogP contribution is 2.36. The zero-order valence-electron chi connectivity index (χ0n) is 18.8. The van der Waals surface area contributed by atoms with Crippen molar-refractivity contribution < 1.29 is 19.4 Å². The molecule has 8 nitrogen and oxygen atoms in total. The summed E-state index contributed by atoms with van der Waals surface area (Å²) in [6, 6.07) is 7.89. The van der Waals surface area contributed by atoms with Crippen LogP contribution in [-0.4, -0.2) is 58.9 Å². The fourth-order valence-electron chi connectivity index (χ4n) is 4.88. The minimum Gasteiger partial charge on any atom is -0.486 e. The van der Waals surface area contributed by atoms with Crippen molar-refractivity contribution in [2.45, 2.75) is 38.3 Å². The molecule has 9 heteroatoms. The molecule has 0 amide bonds. The Hall–Kier alpha value is -2.91. The second kappa shape index (κ2) is 8.79. The number of anilines is 1. The van der Waals surface area contributed by atoms with Gasteiger partial charge in [-0.25, -0.2) is 9.97 Å². The van der Waals surface area contributed by atoms with Gasteiger partial charge in [-0.3, -0.25) is 4.79 Å². The second-order valence-corrected chi connectivity index (χ2v) is 9.65. The van der Waals surface area contributed by atoms with E-state index in [1.54, 1.807) is 11.3 Å². The van der Waals surface area contributed by atoms with Gasteiger partial charge in [0.25, 0.3) is 0 Å². The van der Waals surface area contributed by atoms with Crippen molar-refractivity contribution in [1.82, 2.24) is 15.3 Å². The summed E-state index contributed by atoms with van der Waals surface area (Å²) in [6.45, 7) is 6.31. The van der Waals surface area contributed by atoms with Gasteiger partial charge in [-0.1, -0.05) is 13.0 Å². The third kappa shape index (κ3) is 4.00. The molecule has 3 aromatic rings. The number of fused-ring (bicyclic) bond motifs is 2. The van der Waals surface area contributed by atoms with Crippen LogP contribution in [0.1, 0.15) is 25.8 Å². The molecule has 2 N–H and O–H groups in total. The van der Waals surface area contributed by atoms with Crippen molar-refractivity contribution in [3.05, 3.63) is 41.4 Å². The van der Waals surface area contributed by atoms with E-state index >= 15 is 0 Å². The molecule has 0 aliphatic carbocycles. The molecule has 1 aromatic carbocycles. The predicted molar refractivity (Wildman–Crippen MR) is 128 cm³/mol. The molecule has 0 bridgehead atoms. The summed E-state index contributed by atoms with van der Waals surface area (Å²) in [5, 5.41) is 16.7. The first-order valence-electron chi connectivity index (χ1n) is 11.3. The first-order valence-corrected chi connectivity index (χ1v) is 12.2. The van der Waals surface area contributed by atoms with Crippen LogP contribution in [0.2, 0.25) is 0 Å². The average molecular weight is 469 g/mol. The first kappa shape index (κ1) is 21.9. The van der Waals surface area contributed by atoms with Gasteiger partial charge in [-0.2, -0.15) is 0 Å². The zero-order chi connectivity index (χ0) is 23.0. The van der Waals surface area contributed by atoms with Crippen molar-refractivity contribution in [1.29, 1.82) is 0 Å². The molecule has 2 aliphatic heterocycles. The van der Waals surface area contributed by atoms with Crippen LogP contribution in [0.4, 0.5) is 5.95 Å². The van der Waals surface area contributed by atoms with Crippen molar-refractivity contribution >= 4 is 33.5 Å². The van der Waals surface area contributed by atoms with E-state index in [1.165, 1.54) is 0 Å². The number of hydrogen-bond donors (Lipinski definition) is 2. The van der Waals surface area contributed by atoms with Crippen LogP contribution < -0.4 is 19.7 Å². The summed E-state index contributed by atoms with van der Waals surface area (Å²) in [7, 11) is 0. The van der Waals surface area contributed by atoms with E-state index in [1.807, 2.05) is 42.8 Å². The van der Waals surface area contributed by atoms with Crippen LogP contribution in [-0.2, 0) is 11.2 Å². The number of piperidine rings is 1. The molecule has 4 heterocycles. The number of benzene rings is 1. The minimum absolute atomic E-state index is 0.0333. The Bertz CT molecular complexity index is 1170. The van der Waals surface area contributed by atoms with Gasteiger partial charge >= 0.3 is 5.97 Å². The summed E-state index contributed by atoms with van der Waals surface area (Å²) in [5.41, 5.74) is 0.0830. The highest BCUT2D eigenvalue weighted by Gasteiger charge is 2.50. The van der Waals surface area contributed by atoms with Gasteiger partial charge in [-0.15, -0.1) is 11.3 Å². The van der Waals surface area contributed by atoms with Crippen molar-refractivity contribution in [2.75, 3.05) is 31.2 Å². The smallest absolute Gasteiger partial charge is 0.324 e. The van der Waals surface area contributed by atoms with E-state index < -0.39 is 11.5 Å². The Morgan fingerprint density at radius 2 is 2.09 bits per heavy atom. The van der Waals surface area contributed by atoms with Crippen LogP contribution >= 0.6 is 11.3 Å². The molecule has 2 aliphatic rings. The summed E-state index contributed by atoms with van der Waals surface area (Å²) < 4.78 is 11.3. The number of ether oxygens (including phenoxy) is 2. The molecule has 5 rings (SSSR count). The molecular weight excluding hydrogens is 440 g/mol. The van der Waals surface area contributed by atoms with Crippen molar-refractivity contribution in [2.24, 2.45) is 5.92 Å². The topological polar surface area (TPSA) is 96.8 Å². The van der Waals surface area contributed by atoms with Crippen LogP contribution in [0.5, 0.6) is 11.5 Å². The fourth-order valence-corrected chi connectivity index (χ4v) is 5.61. The van der Waals surface area contributed by atoms with Crippen molar-refractivity contribution in [3.8, 4) is 11.5 Å². The fraction of sp³-hybridized carbons (Fsp3) is 0.458. The Kier molecular flexibility index (Phi) is 5.84. The van der Waals surface area contributed by atoms with Gasteiger partial charge in [0.2, 0.25) is 5.95 Å². The zero-order valence-corrected chi connectivity index (χ0v) is 19.6. The molecule has 3 unspecified atom stereocenters. The number of aromatic nitrogens is 2.